The minimum atomic E-state index is -0.224. The number of hydrogen-bond acceptors (Lipinski definition) is 3. The summed E-state index contributed by atoms with van der Waals surface area (Å²) in [6.45, 7) is 10.7. The molecule has 1 N–H and O–H groups in total. The Labute approximate surface area is 167 Å². The Bertz CT molecular complexity index is 836. The molecule has 0 fully saturated rings. The second-order valence-electron chi connectivity index (χ2n) is 7.72. The maximum absolute atomic E-state index is 12.7. The molecule has 0 aliphatic heterocycles. The van der Waals surface area contributed by atoms with E-state index in [1.54, 1.807) is 25.2 Å². The molecule has 2 amide bonds. The van der Waals surface area contributed by atoms with Crippen LogP contribution in [0.1, 0.15) is 40.9 Å². The zero-order valence-electron chi connectivity index (χ0n) is 17.6. The number of nitrogens with one attached hydrogen (secondary N) is 1. The average Bonchev–Trinajstić information content (AvgIpc) is 2.62. The van der Waals surface area contributed by atoms with Crippen molar-refractivity contribution in [2.24, 2.45) is 5.92 Å². The van der Waals surface area contributed by atoms with E-state index in [2.05, 4.69) is 19.2 Å². The fourth-order valence-electron chi connectivity index (χ4n) is 3.05. The number of likely N-dealkylation sites (N-methyl/N-ethyl adjacent to an activating group) is 1. The Kier molecular flexibility index (Phi) is 7.21. The summed E-state index contributed by atoms with van der Waals surface area (Å²) in [6, 6.07) is 11.1. The molecule has 0 aromatic heterocycles. The molecule has 2 rings (SSSR count). The fraction of sp³-hybridized carbons (Fsp3) is 0.391. The molecule has 0 saturated carbocycles. The zero-order valence-corrected chi connectivity index (χ0v) is 17.6. The molecule has 5 heteroatoms. The number of rotatable bonds is 7. The van der Waals surface area contributed by atoms with Crippen molar-refractivity contribution in [3.63, 3.8) is 0 Å². The van der Waals surface area contributed by atoms with Gasteiger partial charge in [-0.05, 0) is 56.0 Å². The van der Waals surface area contributed by atoms with Crippen LogP contribution in [0.2, 0.25) is 0 Å². The monoisotopic (exact) mass is 382 g/mol. The molecule has 0 atom stereocenters. The highest BCUT2D eigenvalue weighted by Crippen LogP contribution is 2.22. The lowest BCUT2D eigenvalue weighted by Crippen LogP contribution is -2.35. The number of carbonyl (C=O) groups excluding carboxylic acids is 2. The van der Waals surface area contributed by atoms with Crippen molar-refractivity contribution in [3.05, 3.63) is 58.7 Å². The third-order valence-electron chi connectivity index (χ3n) is 4.33. The highest BCUT2D eigenvalue weighted by Gasteiger charge is 2.17. The molecule has 28 heavy (non-hydrogen) atoms. The third-order valence-corrected chi connectivity index (χ3v) is 4.33. The van der Waals surface area contributed by atoms with Gasteiger partial charge in [0.25, 0.3) is 5.91 Å². The molecule has 0 saturated heterocycles. The van der Waals surface area contributed by atoms with Gasteiger partial charge in [-0.15, -0.1) is 0 Å². The number of anilines is 1. The van der Waals surface area contributed by atoms with Crippen LogP contribution >= 0.6 is 0 Å². The third kappa shape index (κ3) is 5.84. The van der Waals surface area contributed by atoms with Gasteiger partial charge in [0.2, 0.25) is 5.91 Å². The molecule has 5 nitrogen and oxygen atoms in total. The van der Waals surface area contributed by atoms with E-state index in [1.807, 2.05) is 39.0 Å². The molecular formula is C23H30N2O3. The van der Waals surface area contributed by atoms with Gasteiger partial charge in [-0.25, -0.2) is 0 Å². The minimum absolute atomic E-state index is 0.0251. The normalized spacial score (nSPS) is 10.7. The summed E-state index contributed by atoms with van der Waals surface area (Å²) < 4.78 is 5.68. The van der Waals surface area contributed by atoms with Crippen LogP contribution in [-0.4, -0.2) is 36.9 Å². The molecule has 0 aliphatic carbocycles. The van der Waals surface area contributed by atoms with E-state index in [1.165, 1.54) is 4.90 Å². The van der Waals surface area contributed by atoms with E-state index < -0.39 is 0 Å². The van der Waals surface area contributed by atoms with Crippen molar-refractivity contribution in [3.8, 4) is 5.75 Å². The lowest BCUT2D eigenvalue weighted by molar-refractivity contribution is -0.116. The molecule has 0 aliphatic rings. The molecular weight excluding hydrogens is 352 g/mol. The van der Waals surface area contributed by atoms with Gasteiger partial charge in [0.05, 0.1) is 13.2 Å². The van der Waals surface area contributed by atoms with Gasteiger partial charge in [0.1, 0.15) is 5.75 Å². The van der Waals surface area contributed by atoms with E-state index in [9.17, 15) is 9.59 Å². The Morgan fingerprint density at radius 2 is 1.71 bits per heavy atom. The smallest absolute Gasteiger partial charge is 0.254 e. The Hall–Kier alpha value is -2.82. The van der Waals surface area contributed by atoms with Crippen LogP contribution in [0, 0.1) is 26.7 Å². The maximum Gasteiger partial charge on any atom is 0.254 e. The van der Waals surface area contributed by atoms with Crippen molar-refractivity contribution in [2.45, 2.75) is 34.6 Å². The summed E-state index contributed by atoms with van der Waals surface area (Å²) in [5.74, 6) is 0.614. The summed E-state index contributed by atoms with van der Waals surface area (Å²) in [7, 11) is 1.62. The highest BCUT2D eigenvalue weighted by atomic mass is 16.5. The van der Waals surface area contributed by atoms with Crippen LogP contribution in [0.15, 0.2) is 36.4 Å². The Morgan fingerprint density at radius 3 is 2.32 bits per heavy atom. The quantitative estimate of drug-likeness (QED) is 0.774. The van der Waals surface area contributed by atoms with Crippen LogP contribution < -0.4 is 10.1 Å². The maximum atomic E-state index is 12.7. The fourth-order valence-corrected chi connectivity index (χ4v) is 3.05. The van der Waals surface area contributed by atoms with Crippen LogP contribution in [0.5, 0.6) is 5.75 Å². The van der Waals surface area contributed by atoms with Crippen LogP contribution in [0.4, 0.5) is 5.69 Å². The second kappa shape index (κ2) is 9.40. The first-order valence-corrected chi connectivity index (χ1v) is 9.53. The molecule has 0 spiro atoms. The van der Waals surface area contributed by atoms with Gasteiger partial charge < -0.3 is 15.0 Å². The van der Waals surface area contributed by atoms with Gasteiger partial charge in [-0.3, -0.25) is 9.59 Å². The van der Waals surface area contributed by atoms with Gasteiger partial charge in [0.15, 0.2) is 0 Å². The van der Waals surface area contributed by atoms with Crippen LogP contribution in [0.25, 0.3) is 0 Å². The molecule has 150 valence electrons. The van der Waals surface area contributed by atoms with Crippen molar-refractivity contribution >= 4 is 17.5 Å². The predicted octanol–water partition coefficient (Wildman–Crippen LogP) is 4.36. The summed E-state index contributed by atoms with van der Waals surface area (Å²) in [5.41, 5.74) is 4.48. The molecule has 0 unspecified atom stereocenters. The lowest BCUT2D eigenvalue weighted by Gasteiger charge is -2.19. The summed E-state index contributed by atoms with van der Waals surface area (Å²) in [5, 5.41) is 2.93. The van der Waals surface area contributed by atoms with Gasteiger partial charge >= 0.3 is 0 Å². The zero-order chi connectivity index (χ0) is 20.8. The van der Waals surface area contributed by atoms with E-state index in [0.29, 0.717) is 23.8 Å². The number of benzene rings is 2. The Morgan fingerprint density at radius 1 is 1.07 bits per heavy atom. The van der Waals surface area contributed by atoms with Crippen molar-refractivity contribution in [1.82, 2.24) is 4.90 Å². The number of nitrogens with zero attached hydrogens (tertiary/aromatic N) is 1. The average molecular weight is 383 g/mol. The van der Waals surface area contributed by atoms with Crippen LogP contribution in [-0.2, 0) is 4.79 Å². The summed E-state index contributed by atoms with van der Waals surface area (Å²) in [6.07, 6.45) is 0. The minimum Gasteiger partial charge on any atom is -0.493 e. The first-order valence-electron chi connectivity index (χ1n) is 9.53. The largest absolute Gasteiger partial charge is 0.493 e. The lowest BCUT2D eigenvalue weighted by atomic mass is 10.1. The van der Waals surface area contributed by atoms with E-state index in [0.717, 1.165) is 22.4 Å². The molecule has 0 bridgehead atoms. The Balaban J connectivity index is 2.02. The molecule has 0 radical (unpaired) electrons. The number of aryl methyl sites for hydroxylation is 3. The standard InChI is InChI=1S/C23H30N2O3/c1-15(2)14-28-20-9-7-8-19(12-20)23(27)25(6)13-21(26)24-22-17(4)10-16(3)11-18(22)5/h7-12,15H,13-14H2,1-6H3,(H,24,26). The highest BCUT2D eigenvalue weighted by molar-refractivity contribution is 6.00. The van der Waals surface area contributed by atoms with Crippen LogP contribution in [0.3, 0.4) is 0 Å². The SMILES string of the molecule is Cc1cc(C)c(NC(=O)CN(C)C(=O)c2cccc(OCC(C)C)c2)c(C)c1. The number of amides is 2. The van der Waals surface area contributed by atoms with E-state index in [-0.39, 0.29) is 18.4 Å². The number of hydrogen-bond donors (Lipinski definition) is 1. The van der Waals surface area contributed by atoms with Crippen molar-refractivity contribution < 1.29 is 14.3 Å². The van der Waals surface area contributed by atoms with Crippen molar-refractivity contribution in [2.75, 3.05) is 25.5 Å². The summed E-state index contributed by atoms with van der Waals surface area (Å²) in [4.78, 5) is 26.6. The molecule has 2 aromatic rings. The topological polar surface area (TPSA) is 58.6 Å². The number of carbonyl (C=O) groups is 2. The summed E-state index contributed by atoms with van der Waals surface area (Å²) >= 11 is 0. The van der Waals surface area contributed by atoms with Crippen molar-refractivity contribution in [1.29, 1.82) is 0 Å². The first kappa shape index (κ1) is 21.5. The molecule has 0 heterocycles. The van der Waals surface area contributed by atoms with E-state index >= 15 is 0 Å². The van der Waals surface area contributed by atoms with Gasteiger partial charge in [0, 0.05) is 18.3 Å². The first-order chi connectivity index (χ1) is 13.2. The van der Waals surface area contributed by atoms with Gasteiger partial charge in [-0.1, -0.05) is 37.6 Å². The molecule has 2 aromatic carbocycles. The van der Waals surface area contributed by atoms with Gasteiger partial charge in [-0.2, -0.15) is 0 Å². The number of ether oxygens (including phenoxy) is 1. The van der Waals surface area contributed by atoms with E-state index in [4.69, 9.17) is 4.74 Å². The second-order valence-corrected chi connectivity index (χ2v) is 7.72. The predicted molar refractivity (Wildman–Crippen MR) is 113 cm³/mol.